The van der Waals surface area contributed by atoms with Crippen LogP contribution in [-0.2, 0) is 12.3 Å². The molecule has 2 aromatic rings. The number of aromatic nitrogens is 1. The molecule has 0 unspecified atom stereocenters. The van der Waals surface area contributed by atoms with Crippen LogP contribution in [0.15, 0.2) is 29.6 Å². The Morgan fingerprint density at radius 3 is 2.79 bits per heavy atom. The van der Waals surface area contributed by atoms with Gasteiger partial charge in [0.1, 0.15) is 5.01 Å². The van der Waals surface area contributed by atoms with Gasteiger partial charge in [-0.25, -0.2) is 4.98 Å². The van der Waals surface area contributed by atoms with E-state index in [0.717, 1.165) is 22.6 Å². The summed E-state index contributed by atoms with van der Waals surface area (Å²) in [5.74, 6) is 0.977. The van der Waals surface area contributed by atoms with Gasteiger partial charge in [-0.2, -0.15) is 0 Å². The fourth-order valence-corrected chi connectivity index (χ4v) is 3.30. The fraction of sp³-hybridized carbons (Fsp3) is 0.400. The number of nitrogens with two attached hydrogens (primary N) is 1. The minimum atomic E-state index is 0.283. The van der Waals surface area contributed by atoms with Crippen molar-refractivity contribution in [3.05, 3.63) is 40.2 Å². The molecular weight excluding hydrogens is 272 g/mol. The van der Waals surface area contributed by atoms with E-state index < -0.39 is 0 Å². The summed E-state index contributed by atoms with van der Waals surface area (Å²) < 4.78 is 0.283. The highest BCUT2D eigenvalue weighted by molar-refractivity contribution is 7.99. The van der Waals surface area contributed by atoms with Crippen molar-refractivity contribution in [1.29, 1.82) is 0 Å². The van der Waals surface area contributed by atoms with Gasteiger partial charge in [-0.1, -0.05) is 39.0 Å². The molecule has 0 fully saturated rings. The molecule has 0 aliphatic carbocycles. The summed E-state index contributed by atoms with van der Waals surface area (Å²) in [5.41, 5.74) is 9.04. The first kappa shape index (κ1) is 14.6. The van der Waals surface area contributed by atoms with E-state index in [1.54, 1.807) is 11.3 Å². The van der Waals surface area contributed by atoms with Crippen molar-refractivity contribution < 1.29 is 0 Å². The lowest BCUT2D eigenvalue weighted by atomic mass is 10.1. The second kappa shape index (κ2) is 6.07. The Labute approximate surface area is 123 Å². The summed E-state index contributed by atoms with van der Waals surface area (Å²) in [6, 6.07) is 8.30. The molecular formula is C15H20N2S2. The Hall–Kier alpha value is -0.840. The molecule has 2 N–H and O–H groups in total. The Kier molecular flexibility index (Phi) is 4.66. The van der Waals surface area contributed by atoms with Crippen molar-refractivity contribution in [2.45, 2.75) is 37.8 Å². The van der Waals surface area contributed by atoms with Gasteiger partial charge in [-0.15, -0.1) is 23.1 Å². The van der Waals surface area contributed by atoms with E-state index in [0.29, 0.717) is 6.54 Å². The van der Waals surface area contributed by atoms with Gasteiger partial charge in [0, 0.05) is 28.0 Å². The molecule has 0 aliphatic heterocycles. The molecule has 0 radical (unpaired) electrons. The van der Waals surface area contributed by atoms with Crippen molar-refractivity contribution >= 4 is 23.1 Å². The summed E-state index contributed by atoms with van der Waals surface area (Å²) in [6.07, 6.45) is 0. The zero-order valence-corrected chi connectivity index (χ0v) is 13.3. The predicted octanol–water partition coefficient (Wildman–Crippen LogP) is 4.30. The molecule has 2 rings (SSSR count). The molecule has 0 aliphatic rings. The molecule has 102 valence electrons. The zero-order valence-electron chi connectivity index (χ0n) is 11.6. The van der Waals surface area contributed by atoms with Gasteiger partial charge < -0.3 is 5.73 Å². The molecule has 2 nitrogen and oxygen atoms in total. The average Bonchev–Trinajstić information content (AvgIpc) is 2.84. The van der Waals surface area contributed by atoms with Crippen LogP contribution < -0.4 is 5.73 Å². The number of thioether (sulfide) groups is 1. The maximum Gasteiger partial charge on any atom is 0.103 e. The Balaban J connectivity index is 2.12. The van der Waals surface area contributed by atoms with Crippen molar-refractivity contribution in [1.82, 2.24) is 4.98 Å². The van der Waals surface area contributed by atoms with E-state index in [1.807, 2.05) is 23.9 Å². The van der Waals surface area contributed by atoms with E-state index in [4.69, 9.17) is 10.7 Å². The molecule has 19 heavy (non-hydrogen) atoms. The topological polar surface area (TPSA) is 38.9 Å². The van der Waals surface area contributed by atoms with Crippen LogP contribution in [0.25, 0.3) is 11.3 Å². The van der Waals surface area contributed by atoms with Gasteiger partial charge >= 0.3 is 0 Å². The second-order valence-corrected chi connectivity index (χ2v) is 8.18. The highest BCUT2D eigenvalue weighted by Gasteiger charge is 2.12. The maximum absolute atomic E-state index is 5.68. The molecule has 0 atom stereocenters. The van der Waals surface area contributed by atoms with Gasteiger partial charge in [0.25, 0.3) is 0 Å². The van der Waals surface area contributed by atoms with Crippen molar-refractivity contribution in [2.75, 3.05) is 0 Å². The third-order valence-corrected chi connectivity index (χ3v) is 4.95. The number of benzene rings is 1. The maximum atomic E-state index is 5.68. The summed E-state index contributed by atoms with van der Waals surface area (Å²) in [7, 11) is 0. The van der Waals surface area contributed by atoms with Gasteiger partial charge in [-0.05, 0) is 11.6 Å². The molecule has 1 aromatic heterocycles. The standard InChI is InChI=1S/C15H20N2S2/c1-15(2,3)19-10-14-17-13(9-18-14)12-6-4-5-11(7-12)8-16/h4-7,9H,8,10,16H2,1-3H3. The van der Waals surface area contributed by atoms with Crippen LogP contribution >= 0.6 is 23.1 Å². The second-order valence-electron chi connectivity index (χ2n) is 5.43. The minimum Gasteiger partial charge on any atom is -0.326 e. The summed E-state index contributed by atoms with van der Waals surface area (Å²) >= 11 is 3.67. The van der Waals surface area contributed by atoms with Crippen LogP contribution in [0.4, 0.5) is 0 Å². The molecule has 0 bridgehead atoms. The highest BCUT2D eigenvalue weighted by atomic mass is 32.2. The smallest absolute Gasteiger partial charge is 0.103 e. The van der Waals surface area contributed by atoms with E-state index in [9.17, 15) is 0 Å². The molecule has 4 heteroatoms. The first-order valence-electron chi connectivity index (χ1n) is 6.36. The number of hydrogen-bond acceptors (Lipinski definition) is 4. The number of thiazole rings is 1. The SMILES string of the molecule is CC(C)(C)SCc1nc(-c2cccc(CN)c2)cs1. The van der Waals surface area contributed by atoms with E-state index in [-0.39, 0.29) is 4.75 Å². The van der Waals surface area contributed by atoms with E-state index in [1.165, 1.54) is 5.01 Å². The Bertz CT molecular complexity index is 541. The lowest BCUT2D eigenvalue weighted by Gasteiger charge is -2.16. The fourth-order valence-electron chi connectivity index (χ4n) is 1.65. The van der Waals surface area contributed by atoms with Crippen LogP contribution in [0.5, 0.6) is 0 Å². The van der Waals surface area contributed by atoms with Crippen molar-refractivity contribution in [3.63, 3.8) is 0 Å². The lowest BCUT2D eigenvalue weighted by Crippen LogP contribution is -2.07. The number of hydrogen-bond donors (Lipinski definition) is 1. The normalized spacial score (nSPS) is 11.8. The van der Waals surface area contributed by atoms with Crippen LogP contribution in [-0.4, -0.2) is 9.73 Å². The lowest BCUT2D eigenvalue weighted by molar-refractivity contribution is 0.802. The molecule has 1 heterocycles. The first-order valence-corrected chi connectivity index (χ1v) is 8.22. The van der Waals surface area contributed by atoms with Crippen LogP contribution in [0, 0.1) is 0 Å². The monoisotopic (exact) mass is 292 g/mol. The first-order chi connectivity index (χ1) is 8.98. The van der Waals surface area contributed by atoms with Gasteiger partial charge in [0.15, 0.2) is 0 Å². The van der Waals surface area contributed by atoms with E-state index in [2.05, 4.69) is 38.3 Å². The average molecular weight is 292 g/mol. The molecule has 0 saturated heterocycles. The van der Waals surface area contributed by atoms with Crippen LogP contribution in [0.3, 0.4) is 0 Å². The van der Waals surface area contributed by atoms with Gasteiger partial charge in [0.2, 0.25) is 0 Å². The molecule has 0 saturated carbocycles. The Morgan fingerprint density at radius 2 is 2.11 bits per heavy atom. The third-order valence-electron chi connectivity index (χ3n) is 2.64. The van der Waals surface area contributed by atoms with Crippen LogP contribution in [0.1, 0.15) is 31.3 Å². The van der Waals surface area contributed by atoms with Gasteiger partial charge in [0.05, 0.1) is 5.69 Å². The summed E-state index contributed by atoms with van der Waals surface area (Å²) in [6.45, 7) is 7.27. The summed E-state index contributed by atoms with van der Waals surface area (Å²) in [5, 5.41) is 3.32. The largest absolute Gasteiger partial charge is 0.326 e. The van der Waals surface area contributed by atoms with Gasteiger partial charge in [-0.3, -0.25) is 0 Å². The zero-order chi connectivity index (χ0) is 13.9. The van der Waals surface area contributed by atoms with E-state index >= 15 is 0 Å². The predicted molar refractivity (Wildman–Crippen MR) is 86.5 cm³/mol. The minimum absolute atomic E-state index is 0.283. The quantitative estimate of drug-likeness (QED) is 0.913. The molecule has 0 amide bonds. The van der Waals surface area contributed by atoms with Crippen molar-refractivity contribution in [3.8, 4) is 11.3 Å². The number of rotatable bonds is 4. The molecule has 1 aromatic carbocycles. The molecule has 0 spiro atoms. The Morgan fingerprint density at radius 1 is 1.32 bits per heavy atom. The van der Waals surface area contributed by atoms with Crippen molar-refractivity contribution in [2.24, 2.45) is 5.73 Å². The summed E-state index contributed by atoms with van der Waals surface area (Å²) in [4.78, 5) is 4.72. The number of nitrogens with zero attached hydrogens (tertiary/aromatic N) is 1. The van der Waals surface area contributed by atoms with Crippen LogP contribution in [0.2, 0.25) is 0 Å². The third kappa shape index (κ3) is 4.34. The highest BCUT2D eigenvalue weighted by Crippen LogP contribution is 2.30.